The molecule has 0 saturated carbocycles. The molecule has 0 spiro atoms. The predicted octanol–water partition coefficient (Wildman–Crippen LogP) is 2.59. The lowest BCUT2D eigenvalue weighted by atomic mass is 10.1. The van der Waals surface area contributed by atoms with Crippen LogP contribution in [-0.4, -0.2) is 45.6 Å². The topological polar surface area (TPSA) is 85.2 Å². The molecule has 0 aliphatic carbocycles. The van der Waals surface area contributed by atoms with Crippen LogP contribution in [0, 0.1) is 0 Å². The van der Waals surface area contributed by atoms with Crippen molar-refractivity contribution in [3.63, 3.8) is 0 Å². The lowest BCUT2D eigenvalue weighted by Crippen LogP contribution is -2.30. The summed E-state index contributed by atoms with van der Waals surface area (Å²) in [5, 5.41) is 2.88. The summed E-state index contributed by atoms with van der Waals surface area (Å²) in [5.74, 6) is 2.09. The standard InChI is InChI=1S/C21H24N6O2/c1-29-18-8-4-3-7-16(18)12-22-21(28)17-13-27(15-25-17)20-11-19(23-14-24-20)26-9-5-2-6-10-26/h3-4,7-8,11,13-15H,2,5-6,9-10,12H2,1H3,(H,22,28). The molecule has 4 rings (SSSR count). The summed E-state index contributed by atoms with van der Waals surface area (Å²) in [5.41, 5.74) is 1.24. The molecule has 150 valence electrons. The summed E-state index contributed by atoms with van der Waals surface area (Å²) in [6, 6.07) is 9.52. The predicted molar refractivity (Wildman–Crippen MR) is 109 cm³/mol. The van der Waals surface area contributed by atoms with Crippen LogP contribution in [0.4, 0.5) is 5.82 Å². The molecule has 0 radical (unpaired) electrons. The zero-order chi connectivity index (χ0) is 20.1. The van der Waals surface area contributed by atoms with Gasteiger partial charge in [-0.1, -0.05) is 18.2 Å². The van der Waals surface area contributed by atoms with Crippen molar-refractivity contribution in [3.8, 4) is 11.6 Å². The number of ether oxygens (including phenoxy) is 1. The molecule has 1 fully saturated rings. The number of amides is 1. The Labute approximate surface area is 169 Å². The number of nitrogens with zero attached hydrogens (tertiary/aromatic N) is 5. The first-order valence-electron chi connectivity index (χ1n) is 9.76. The molecule has 1 aliphatic rings. The van der Waals surface area contributed by atoms with Crippen LogP contribution < -0.4 is 15.0 Å². The number of para-hydroxylation sites is 1. The van der Waals surface area contributed by atoms with Crippen molar-refractivity contribution in [3.05, 3.63) is 60.4 Å². The molecular formula is C21H24N6O2. The monoisotopic (exact) mass is 392 g/mol. The lowest BCUT2D eigenvalue weighted by Gasteiger charge is -2.27. The number of carbonyl (C=O) groups is 1. The van der Waals surface area contributed by atoms with Gasteiger partial charge in [0.05, 0.1) is 7.11 Å². The van der Waals surface area contributed by atoms with Gasteiger partial charge in [-0.15, -0.1) is 0 Å². The molecular weight excluding hydrogens is 368 g/mol. The molecule has 8 nitrogen and oxygen atoms in total. The summed E-state index contributed by atoms with van der Waals surface area (Å²) in [4.78, 5) is 27.7. The van der Waals surface area contributed by atoms with Crippen molar-refractivity contribution in [2.45, 2.75) is 25.8 Å². The number of anilines is 1. The molecule has 8 heteroatoms. The largest absolute Gasteiger partial charge is 0.496 e. The Morgan fingerprint density at radius 2 is 1.90 bits per heavy atom. The Balaban J connectivity index is 1.44. The number of aromatic nitrogens is 4. The van der Waals surface area contributed by atoms with Gasteiger partial charge in [0.1, 0.15) is 35.7 Å². The van der Waals surface area contributed by atoms with E-state index in [0.29, 0.717) is 18.1 Å². The molecule has 3 aromatic rings. The lowest BCUT2D eigenvalue weighted by molar-refractivity contribution is 0.0946. The van der Waals surface area contributed by atoms with E-state index in [1.165, 1.54) is 19.3 Å². The molecule has 1 N–H and O–H groups in total. The van der Waals surface area contributed by atoms with E-state index in [9.17, 15) is 4.79 Å². The number of hydrogen-bond acceptors (Lipinski definition) is 6. The maximum absolute atomic E-state index is 12.5. The summed E-state index contributed by atoms with van der Waals surface area (Å²) in [7, 11) is 1.61. The van der Waals surface area contributed by atoms with Crippen LogP contribution in [0.5, 0.6) is 5.75 Å². The first kappa shape index (κ1) is 18.9. The Morgan fingerprint density at radius 1 is 1.10 bits per heavy atom. The number of rotatable bonds is 6. The van der Waals surface area contributed by atoms with Crippen LogP contribution in [0.15, 0.2) is 49.2 Å². The number of carbonyl (C=O) groups excluding carboxylic acids is 1. The van der Waals surface area contributed by atoms with E-state index in [1.54, 1.807) is 30.5 Å². The highest BCUT2D eigenvalue weighted by molar-refractivity contribution is 5.92. The highest BCUT2D eigenvalue weighted by Crippen LogP contribution is 2.19. The SMILES string of the molecule is COc1ccccc1CNC(=O)c1cn(-c2cc(N3CCCCC3)ncn2)cn1. The Hall–Kier alpha value is -3.42. The quantitative estimate of drug-likeness (QED) is 0.694. The smallest absolute Gasteiger partial charge is 0.271 e. The van der Waals surface area contributed by atoms with Crippen LogP contribution in [0.3, 0.4) is 0 Å². The third kappa shape index (κ3) is 4.37. The van der Waals surface area contributed by atoms with E-state index in [1.807, 2.05) is 30.3 Å². The van der Waals surface area contributed by atoms with Crippen LogP contribution in [0.25, 0.3) is 5.82 Å². The van der Waals surface area contributed by atoms with E-state index < -0.39 is 0 Å². The fourth-order valence-electron chi connectivity index (χ4n) is 3.45. The van der Waals surface area contributed by atoms with E-state index >= 15 is 0 Å². The fraction of sp³-hybridized carbons (Fsp3) is 0.333. The molecule has 29 heavy (non-hydrogen) atoms. The average Bonchev–Trinajstić information content (AvgIpc) is 3.29. The minimum absolute atomic E-state index is 0.250. The van der Waals surface area contributed by atoms with Crippen molar-refractivity contribution in [2.24, 2.45) is 0 Å². The van der Waals surface area contributed by atoms with Gasteiger partial charge in [0.2, 0.25) is 0 Å². The van der Waals surface area contributed by atoms with Crippen LogP contribution in [0.2, 0.25) is 0 Å². The second-order valence-electron chi connectivity index (χ2n) is 6.94. The second-order valence-corrected chi connectivity index (χ2v) is 6.94. The van der Waals surface area contributed by atoms with Gasteiger partial charge in [-0.3, -0.25) is 9.36 Å². The van der Waals surface area contributed by atoms with Crippen LogP contribution >= 0.6 is 0 Å². The minimum Gasteiger partial charge on any atom is -0.496 e. The Bertz CT molecular complexity index is 981. The third-order valence-electron chi connectivity index (χ3n) is 5.03. The first-order chi connectivity index (χ1) is 14.2. The molecule has 1 saturated heterocycles. The average molecular weight is 392 g/mol. The van der Waals surface area contributed by atoms with Gasteiger partial charge >= 0.3 is 0 Å². The molecule has 0 atom stereocenters. The number of hydrogen-bond donors (Lipinski definition) is 1. The van der Waals surface area contributed by atoms with E-state index in [-0.39, 0.29) is 5.91 Å². The molecule has 0 unspecified atom stereocenters. The van der Waals surface area contributed by atoms with Gasteiger partial charge in [-0.25, -0.2) is 15.0 Å². The maximum atomic E-state index is 12.5. The normalized spacial score (nSPS) is 13.9. The molecule has 1 amide bonds. The van der Waals surface area contributed by atoms with Crippen LogP contribution in [0.1, 0.15) is 35.3 Å². The molecule has 3 heterocycles. The van der Waals surface area contributed by atoms with Gasteiger partial charge in [0, 0.05) is 37.5 Å². The van der Waals surface area contributed by atoms with Gasteiger partial charge in [0.15, 0.2) is 0 Å². The van der Waals surface area contributed by atoms with Gasteiger partial charge < -0.3 is 15.0 Å². The summed E-state index contributed by atoms with van der Waals surface area (Å²) in [6.07, 6.45) is 8.46. The minimum atomic E-state index is -0.250. The zero-order valence-corrected chi connectivity index (χ0v) is 16.4. The summed E-state index contributed by atoms with van der Waals surface area (Å²) < 4.78 is 7.06. The molecule has 2 aromatic heterocycles. The summed E-state index contributed by atoms with van der Waals surface area (Å²) in [6.45, 7) is 2.39. The number of imidazole rings is 1. The Kier molecular flexibility index (Phi) is 5.69. The zero-order valence-electron chi connectivity index (χ0n) is 16.4. The second kappa shape index (κ2) is 8.72. The molecule has 0 bridgehead atoms. The van der Waals surface area contributed by atoms with Crippen molar-refractivity contribution in [1.29, 1.82) is 0 Å². The highest BCUT2D eigenvalue weighted by atomic mass is 16.5. The van der Waals surface area contributed by atoms with E-state index in [4.69, 9.17) is 4.74 Å². The maximum Gasteiger partial charge on any atom is 0.271 e. The Morgan fingerprint density at radius 3 is 2.72 bits per heavy atom. The van der Waals surface area contributed by atoms with Crippen molar-refractivity contribution >= 4 is 11.7 Å². The number of benzene rings is 1. The summed E-state index contributed by atoms with van der Waals surface area (Å²) >= 11 is 0. The molecule has 1 aliphatic heterocycles. The van der Waals surface area contributed by atoms with Crippen LogP contribution in [-0.2, 0) is 6.54 Å². The number of methoxy groups -OCH3 is 1. The van der Waals surface area contributed by atoms with Gasteiger partial charge in [-0.2, -0.15) is 0 Å². The first-order valence-corrected chi connectivity index (χ1v) is 9.76. The van der Waals surface area contributed by atoms with Crippen molar-refractivity contribution in [1.82, 2.24) is 24.8 Å². The van der Waals surface area contributed by atoms with Crippen molar-refractivity contribution in [2.75, 3.05) is 25.1 Å². The highest BCUT2D eigenvalue weighted by Gasteiger charge is 2.15. The van der Waals surface area contributed by atoms with E-state index in [2.05, 4.69) is 25.2 Å². The third-order valence-corrected chi connectivity index (χ3v) is 5.03. The van der Waals surface area contributed by atoms with Crippen molar-refractivity contribution < 1.29 is 9.53 Å². The number of nitrogens with one attached hydrogen (secondary N) is 1. The van der Waals surface area contributed by atoms with Gasteiger partial charge in [0.25, 0.3) is 5.91 Å². The van der Waals surface area contributed by atoms with Gasteiger partial charge in [-0.05, 0) is 25.3 Å². The number of piperidine rings is 1. The van der Waals surface area contributed by atoms with E-state index in [0.717, 1.165) is 30.2 Å². The molecule has 1 aromatic carbocycles. The fourth-order valence-corrected chi connectivity index (χ4v) is 3.45.